The van der Waals surface area contributed by atoms with Crippen LogP contribution in [-0.2, 0) is 4.74 Å². The topological polar surface area (TPSA) is 21.7 Å². The maximum atomic E-state index is 5.68. The molecule has 1 unspecified atom stereocenters. The molecular weight excluding hydrogens is 250 g/mol. The molecule has 0 spiro atoms. The molecule has 1 aliphatic rings. The summed E-state index contributed by atoms with van der Waals surface area (Å²) >= 11 is 0. The van der Waals surface area contributed by atoms with Gasteiger partial charge in [0.15, 0.2) is 0 Å². The van der Waals surface area contributed by atoms with Crippen molar-refractivity contribution in [2.45, 2.75) is 45.8 Å². The number of hydrogen-bond acceptors (Lipinski definition) is 3. The molecule has 3 heteroatoms. The lowest BCUT2D eigenvalue weighted by Gasteiger charge is -2.25. The number of rotatable bonds is 7. The third-order valence-electron chi connectivity index (χ3n) is 3.77. The van der Waals surface area contributed by atoms with Gasteiger partial charge in [0.2, 0.25) is 0 Å². The Morgan fingerprint density at radius 3 is 2.65 bits per heavy atom. The minimum Gasteiger partial charge on any atom is -0.494 e. The van der Waals surface area contributed by atoms with Crippen molar-refractivity contribution in [1.82, 2.24) is 4.90 Å². The first-order valence-electron chi connectivity index (χ1n) is 7.79. The zero-order chi connectivity index (χ0) is 14.4. The highest BCUT2D eigenvalue weighted by molar-refractivity contribution is 5.29. The molecule has 0 amide bonds. The van der Waals surface area contributed by atoms with E-state index in [9.17, 15) is 0 Å². The molecule has 1 heterocycles. The van der Waals surface area contributed by atoms with Crippen molar-refractivity contribution in [2.75, 3.05) is 26.3 Å². The van der Waals surface area contributed by atoms with Gasteiger partial charge in [-0.15, -0.1) is 0 Å². The molecule has 1 atom stereocenters. The molecule has 1 saturated heterocycles. The van der Waals surface area contributed by atoms with E-state index in [2.05, 4.69) is 43.0 Å². The molecule has 1 aliphatic heterocycles. The first-order chi connectivity index (χ1) is 9.70. The van der Waals surface area contributed by atoms with Crippen LogP contribution >= 0.6 is 0 Å². The number of hydrogen-bond donors (Lipinski definition) is 0. The van der Waals surface area contributed by atoms with Crippen LogP contribution in [0.3, 0.4) is 0 Å². The maximum absolute atomic E-state index is 5.68. The highest BCUT2D eigenvalue weighted by Crippen LogP contribution is 2.32. The van der Waals surface area contributed by atoms with Gasteiger partial charge in [-0.1, -0.05) is 12.1 Å². The van der Waals surface area contributed by atoms with E-state index in [0.717, 1.165) is 25.5 Å². The van der Waals surface area contributed by atoms with E-state index < -0.39 is 0 Å². The number of benzene rings is 1. The van der Waals surface area contributed by atoms with Crippen LogP contribution in [0.1, 0.15) is 45.2 Å². The smallest absolute Gasteiger partial charge is 0.119 e. The predicted octanol–water partition coefficient (Wildman–Crippen LogP) is 3.65. The van der Waals surface area contributed by atoms with Gasteiger partial charge in [0.1, 0.15) is 5.75 Å². The molecule has 1 aromatic rings. The average Bonchev–Trinajstić information content (AvgIpc) is 2.88. The van der Waals surface area contributed by atoms with Gasteiger partial charge in [-0.3, -0.25) is 4.90 Å². The summed E-state index contributed by atoms with van der Waals surface area (Å²) in [6.45, 7) is 9.95. The highest BCUT2D eigenvalue weighted by Gasteiger charge is 2.25. The van der Waals surface area contributed by atoms with Crippen LogP contribution in [0.2, 0.25) is 0 Å². The van der Waals surface area contributed by atoms with Gasteiger partial charge < -0.3 is 9.47 Å². The third kappa shape index (κ3) is 4.22. The third-order valence-corrected chi connectivity index (χ3v) is 3.77. The number of ether oxygens (including phenoxy) is 2. The van der Waals surface area contributed by atoms with Gasteiger partial charge in [-0.05, 0) is 57.9 Å². The summed E-state index contributed by atoms with van der Waals surface area (Å²) in [7, 11) is 0. The quantitative estimate of drug-likeness (QED) is 0.759. The Hall–Kier alpha value is -1.06. The molecule has 0 bridgehead atoms. The van der Waals surface area contributed by atoms with Crippen LogP contribution in [0.4, 0.5) is 0 Å². The van der Waals surface area contributed by atoms with Crippen molar-refractivity contribution in [1.29, 1.82) is 0 Å². The van der Waals surface area contributed by atoms with Gasteiger partial charge in [-0.25, -0.2) is 0 Å². The van der Waals surface area contributed by atoms with Gasteiger partial charge in [0, 0.05) is 12.6 Å². The van der Waals surface area contributed by atoms with E-state index in [1.807, 2.05) is 6.92 Å². The van der Waals surface area contributed by atoms with E-state index in [1.165, 1.54) is 24.9 Å². The van der Waals surface area contributed by atoms with Gasteiger partial charge in [0.25, 0.3) is 0 Å². The zero-order valence-electron chi connectivity index (χ0n) is 13.0. The second kappa shape index (κ2) is 7.65. The van der Waals surface area contributed by atoms with Crippen molar-refractivity contribution in [3.05, 3.63) is 29.8 Å². The Kier molecular flexibility index (Phi) is 5.86. The number of likely N-dealkylation sites (tertiary alicyclic amines) is 1. The normalized spacial score (nSPS) is 19.7. The summed E-state index contributed by atoms with van der Waals surface area (Å²) in [5, 5.41) is 0. The molecule has 20 heavy (non-hydrogen) atoms. The minimum absolute atomic E-state index is 0.321. The van der Waals surface area contributed by atoms with Crippen molar-refractivity contribution in [2.24, 2.45) is 0 Å². The van der Waals surface area contributed by atoms with Crippen LogP contribution in [-0.4, -0.2) is 37.3 Å². The van der Waals surface area contributed by atoms with Crippen LogP contribution in [0.5, 0.6) is 5.75 Å². The average molecular weight is 277 g/mol. The first kappa shape index (κ1) is 15.3. The Morgan fingerprint density at radius 1 is 1.25 bits per heavy atom. The standard InChI is InChI=1S/C17H27NO2/c1-4-19-16-9-7-15(8-10-16)17-6-5-11-18(17)12-13-20-14(2)3/h7-10,14,17H,4-6,11-13H2,1-3H3. The fourth-order valence-corrected chi connectivity index (χ4v) is 2.83. The summed E-state index contributed by atoms with van der Waals surface area (Å²) < 4.78 is 11.2. The van der Waals surface area contributed by atoms with Crippen LogP contribution in [0, 0.1) is 0 Å². The van der Waals surface area contributed by atoms with Crippen LogP contribution in [0.15, 0.2) is 24.3 Å². The molecule has 2 rings (SSSR count). The van der Waals surface area contributed by atoms with Crippen molar-refractivity contribution in [3.63, 3.8) is 0 Å². The Bertz CT molecular complexity index is 388. The maximum Gasteiger partial charge on any atom is 0.119 e. The van der Waals surface area contributed by atoms with E-state index in [0.29, 0.717) is 12.1 Å². The van der Waals surface area contributed by atoms with Crippen molar-refractivity contribution in [3.8, 4) is 5.75 Å². The zero-order valence-corrected chi connectivity index (χ0v) is 13.0. The molecule has 0 saturated carbocycles. The molecule has 0 aromatic heterocycles. The summed E-state index contributed by atoms with van der Waals surface area (Å²) in [6, 6.07) is 9.12. The largest absolute Gasteiger partial charge is 0.494 e. The molecule has 112 valence electrons. The van der Waals surface area contributed by atoms with Gasteiger partial charge >= 0.3 is 0 Å². The Labute approximate surface area is 122 Å². The van der Waals surface area contributed by atoms with Crippen LogP contribution < -0.4 is 4.74 Å². The predicted molar refractivity (Wildman–Crippen MR) is 82.2 cm³/mol. The lowest BCUT2D eigenvalue weighted by atomic mass is 10.0. The van der Waals surface area contributed by atoms with Crippen molar-refractivity contribution >= 4 is 0 Å². The van der Waals surface area contributed by atoms with Crippen LogP contribution in [0.25, 0.3) is 0 Å². The SMILES string of the molecule is CCOc1ccc(C2CCCN2CCOC(C)C)cc1. The molecule has 0 aliphatic carbocycles. The Balaban J connectivity index is 1.92. The second-order valence-corrected chi connectivity index (χ2v) is 5.62. The molecule has 1 aromatic carbocycles. The molecule has 0 N–H and O–H groups in total. The molecule has 3 nitrogen and oxygen atoms in total. The summed E-state index contributed by atoms with van der Waals surface area (Å²) in [4.78, 5) is 2.54. The lowest BCUT2D eigenvalue weighted by Crippen LogP contribution is -2.28. The van der Waals surface area contributed by atoms with Gasteiger partial charge in [0.05, 0.1) is 19.3 Å². The van der Waals surface area contributed by atoms with Crippen molar-refractivity contribution < 1.29 is 9.47 Å². The fraction of sp³-hybridized carbons (Fsp3) is 0.647. The van der Waals surface area contributed by atoms with E-state index >= 15 is 0 Å². The lowest BCUT2D eigenvalue weighted by molar-refractivity contribution is 0.0563. The summed E-state index contributed by atoms with van der Waals surface area (Å²) in [6.07, 6.45) is 2.84. The summed E-state index contributed by atoms with van der Waals surface area (Å²) in [5.41, 5.74) is 1.40. The Morgan fingerprint density at radius 2 is 2.00 bits per heavy atom. The summed E-state index contributed by atoms with van der Waals surface area (Å²) in [5.74, 6) is 0.962. The first-order valence-corrected chi connectivity index (χ1v) is 7.79. The van der Waals surface area contributed by atoms with E-state index in [4.69, 9.17) is 9.47 Å². The van der Waals surface area contributed by atoms with Gasteiger partial charge in [-0.2, -0.15) is 0 Å². The number of nitrogens with zero attached hydrogens (tertiary/aromatic N) is 1. The molecular formula is C17H27NO2. The second-order valence-electron chi connectivity index (χ2n) is 5.62. The highest BCUT2D eigenvalue weighted by atomic mass is 16.5. The van der Waals surface area contributed by atoms with E-state index in [1.54, 1.807) is 0 Å². The minimum atomic E-state index is 0.321. The van der Waals surface area contributed by atoms with E-state index in [-0.39, 0.29) is 0 Å². The molecule has 0 radical (unpaired) electrons. The fourth-order valence-electron chi connectivity index (χ4n) is 2.83. The molecule has 1 fully saturated rings. The monoisotopic (exact) mass is 277 g/mol.